The van der Waals surface area contributed by atoms with Gasteiger partial charge in [0.15, 0.2) is 0 Å². The van der Waals surface area contributed by atoms with Crippen LogP contribution in [0.25, 0.3) is 0 Å². The number of anilines is 2. The molecule has 26 heavy (non-hydrogen) atoms. The number of imide groups is 1. The fourth-order valence-electron chi connectivity index (χ4n) is 2.32. The van der Waals surface area contributed by atoms with Crippen molar-refractivity contribution in [3.63, 3.8) is 0 Å². The molecule has 0 aliphatic carbocycles. The molecule has 8 heteroatoms. The van der Waals surface area contributed by atoms with Crippen molar-refractivity contribution in [3.8, 4) is 0 Å². The summed E-state index contributed by atoms with van der Waals surface area (Å²) in [6.45, 7) is 2.65. The summed E-state index contributed by atoms with van der Waals surface area (Å²) in [6.07, 6.45) is 0. The Bertz CT molecular complexity index is 844. The van der Waals surface area contributed by atoms with E-state index in [1.54, 1.807) is 12.1 Å². The zero-order valence-electron chi connectivity index (χ0n) is 14.3. The second kappa shape index (κ2) is 8.04. The smallest absolute Gasteiger partial charge is 0.265 e. The summed E-state index contributed by atoms with van der Waals surface area (Å²) in [5, 5.41) is 2.60. The molecular weight excluding hydrogens is 336 g/mol. The lowest BCUT2D eigenvalue weighted by Gasteiger charge is -2.19. The SMILES string of the molecule is CC(=O)Nc1ccc(C(=O)N(C(C)=O)c2ccc(C(=O)NN)cc2)cc1. The van der Waals surface area contributed by atoms with Crippen molar-refractivity contribution in [3.05, 3.63) is 59.7 Å². The second-order valence-corrected chi connectivity index (χ2v) is 5.44. The van der Waals surface area contributed by atoms with Crippen molar-refractivity contribution in [2.45, 2.75) is 13.8 Å². The molecular formula is C18H18N4O4. The summed E-state index contributed by atoms with van der Waals surface area (Å²) in [5.74, 6) is 3.37. The van der Waals surface area contributed by atoms with Crippen molar-refractivity contribution >= 4 is 35.0 Å². The molecule has 2 aromatic rings. The molecule has 0 bridgehead atoms. The van der Waals surface area contributed by atoms with Crippen molar-refractivity contribution < 1.29 is 19.2 Å². The van der Waals surface area contributed by atoms with Gasteiger partial charge in [0.05, 0.1) is 5.69 Å². The third-order valence-corrected chi connectivity index (χ3v) is 3.49. The molecule has 0 saturated heterocycles. The maximum absolute atomic E-state index is 12.7. The number of nitrogen functional groups attached to an aromatic ring is 1. The Balaban J connectivity index is 2.29. The van der Waals surface area contributed by atoms with Gasteiger partial charge in [-0.1, -0.05) is 0 Å². The van der Waals surface area contributed by atoms with Gasteiger partial charge in [-0.3, -0.25) is 24.6 Å². The van der Waals surface area contributed by atoms with Gasteiger partial charge in [-0.2, -0.15) is 0 Å². The Hall–Kier alpha value is -3.52. The molecule has 0 aliphatic heterocycles. The maximum Gasteiger partial charge on any atom is 0.265 e. The van der Waals surface area contributed by atoms with E-state index >= 15 is 0 Å². The number of hydrazine groups is 1. The highest BCUT2D eigenvalue weighted by Crippen LogP contribution is 2.20. The molecule has 4 N–H and O–H groups in total. The molecule has 0 radical (unpaired) electrons. The predicted octanol–water partition coefficient (Wildman–Crippen LogP) is 1.44. The maximum atomic E-state index is 12.7. The molecule has 0 spiro atoms. The second-order valence-electron chi connectivity index (χ2n) is 5.44. The van der Waals surface area contributed by atoms with E-state index in [9.17, 15) is 19.2 Å². The zero-order chi connectivity index (χ0) is 19.3. The van der Waals surface area contributed by atoms with Gasteiger partial charge in [0, 0.05) is 30.7 Å². The number of nitrogens with one attached hydrogen (secondary N) is 2. The van der Waals surface area contributed by atoms with Crippen molar-refractivity contribution in [2.24, 2.45) is 5.84 Å². The Kier molecular flexibility index (Phi) is 5.82. The molecule has 0 fully saturated rings. The molecule has 2 aromatic carbocycles. The fourth-order valence-corrected chi connectivity index (χ4v) is 2.32. The van der Waals surface area contributed by atoms with Crippen LogP contribution in [0.15, 0.2) is 48.5 Å². The first-order valence-corrected chi connectivity index (χ1v) is 7.67. The lowest BCUT2D eigenvalue weighted by atomic mass is 10.1. The molecule has 134 valence electrons. The Labute approximate surface area is 149 Å². The highest BCUT2D eigenvalue weighted by Gasteiger charge is 2.22. The van der Waals surface area contributed by atoms with Gasteiger partial charge in [-0.05, 0) is 48.5 Å². The number of carbonyl (C=O) groups excluding carboxylic acids is 4. The largest absolute Gasteiger partial charge is 0.326 e. The minimum atomic E-state index is -0.525. The molecule has 0 aliphatic rings. The van der Waals surface area contributed by atoms with Gasteiger partial charge >= 0.3 is 0 Å². The molecule has 0 aromatic heterocycles. The molecule has 2 rings (SSSR count). The van der Waals surface area contributed by atoms with Crippen molar-refractivity contribution in [1.29, 1.82) is 0 Å². The average molecular weight is 354 g/mol. The number of rotatable bonds is 4. The number of carbonyl (C=O) groups is 4. The van der Waals surface area contributed by atoms with Gasteiger partial charge in [-0.15, -0.1) is 0 Å². The topological polar surface area (TPSA) is 122 Å². The Morgan fingerprint density at radius 1 is 0.846 bits per heavy atom. The number of amides is 4. The zero-order valence-corrected chi connectivity index (χ0v) is 14.3. The Morgan fingerprint density at radius 2 is 1.38 bits per heavy atom. The third kappa shape index (κ3) is 4.31. The minimum absolute atomic E-state index is 0.226. The minimum Gasteiger partial charge on any atom is -0.326 e. The standard InChI is InChI=1S/C18H18N4O4/c1-11(23)20-15-7-3-14(4-8-15)18(26)22(12(2)24)16-9-5-13(6-10-16)17(25)21-19/h3-10H,19H2,1-2H3,(H,20,23)(H,21,25). The predicted molar refractivity (Wildman–Crippen MR) is 96.3 cm³/mol. The van der Waals surface area contributed by atoms with Gasteiger partial charge in [0.25, 0.3) is 11.8 Å². The monoisotopic (exact) mass is 354 g/mol. The summed E-state index contributed by atoms with van der Waals surface area (Å²) >= 11 is 0. The van der Waals surface area contributed by atoms with E-state index < -0.39 is 17.7 Å². The van der Waals surface area contributed by atoms with Gasteiger partial charge in [0.2, 0.25) is 11.8 Å². The van der Waals surface area contributed by atoms with Crippen LogP contribution in [0.4, 0.5) is 11.4 Å². The molecule has 0 heterocycles. The molecule has 0 saturated carbocycles. The number of hydrogen-bond donors (Lipinski definition) is 3. The van der Waals surface area contributed by atoms with E-state index in [2.05, 4.69) is 5.32 Å². The average Bonchev–Trinajstić information content (AvgIpc) is 2.61. The van der Waals surface area contributed by atoms with Gasteiger partial charge < -0.3 is 5.32 Å². The molecule has 8 nitrogen and oxygen atoms in total. The first-order chi connectivity index (χ1) is 12.3. The van der Waals surface area contributed by atoms with Crippen molar-refractivity contribution in [1.82, 2.24) is 5.43 Å². The summed E-state index contributed by atoms with van der Waals surface area (Å²) in [4.78, 5) is 48.2. The summed E-state index contributed by atoms with van der Waals surface area (Å²) in [5.41, 5.74) is 3.44. The van der Waals surface area contributed by atoms with Crippen molar-refractivity contribution in [2.75, 3.05) is 10.2 Å². The lowest BCUT2D eigenvalue weighted by molar-refractivity contribution is -0.116. The van der Waals surface area contributed by atoms with E-state index in [4.69, 9.17) is 5.84 Å². The van der Waals surface area contributed by atoms with Crippen LogP contribution in [-0.2, 0) is 9.59 Å². The van der Waals surface area contributed by atoms with Crippen LogP contribution < -0.4 is 21.5 Å². The van der Waals surface area contributed by atoms with Crippen LogP contribution in [0.5, 0.6) is 0 Å². The van der Waals surface area contributed by atoms with Gasteiger partial charge in [0.1, 0.15) is 0 Å². The van der Waals surface area contributed by atoms with E-state index in [1.807, 2.05) is 5.43 Å². The van der Waals surface area contributed by atoms with Crippen LogP contribution >= 0.6 is 0 Å². The summed E-state index contributed by atoms with van der Waals surface area (Å²) < 4.78 is 0. The third-order valence-electron chi connectivity index (χ3n) is 3.49. The first-order valence-electron chi connectivity index (χ1n) is 7.67. The highest BCUT2D eigenvalue weighted by atomic mass is 16.2. The quantitative estimate of drug-likeness (QED) is 0.436. The van der Waals surface area contributed by atoms with Crippen LogP contribution in [0.1, 0.15) is 34.6 Å². The fraction of sp³-hybridized carbons (Fsp3) is 0.111. The molecule has 0 atom stereocenters. The highest BCUT2D eigenvalue weighted by molar-refractivity contribution is 6.20. The van der Waals surface area contributed by atoms with Crippen LogP contribution in [0, 0.1) is 0 Å². The molecule has 0 unspecified atom stereocenters. The van der Waals surface area contributed by atoms with Crippen LogP contribution in [0.3, 0.4) is 0 Å². The van der Waals surface area contributed by atoms with E-state index in [0.29, 0.717) is 16.9 Å². The number of benzene rings is 2. The van der Waals surface area contributed by atoms with E-state index in [1.165, 1.54) is 50.2 Å². The van der Waals surface area contributed by atoms with E-state index in [0.717, 1.165) is 4.90 Å². The van der Waals surface area contributed by atoms with Crippen LogP contribution in [-0.4, -0.2) is 23.6 Å². The van der Waals surface area contributed by atoms with Crippen LogP contribution in [0.2, 0.25) is 0 Å². The first kappa shape index (κ1) is 18.8. The summed E-state index contributed by atoms with van der Waals surface area (Å²) in [6, 6.07) is 12.1. The molecule has 4 amide bonds. The summed E-state index contributed by atoms with van der Waals surface area (Å²) in [7, 11) is 0. The van der Waals surface area contributed by atoms with Gasteiger partial charge in [-0.25, -0.2) is 10.7 Å². The normalized spacial score (nSPS) is 9.96. The number of hydrogen-bond acceptors (Lipinski definition) is 5. The number of nitrogens with two attached hydrogens (primary N) is 1. The van der Waals surface area contributed by atoms with E-state index in [-0.39, 0.29) is 11.5 Å². The number of nitrogens with zero attached hydrogens (tertiary/aromatic N) is 1. The lowest BCUT2D eigenvalue weighted by Crippen LogP contribution is -2.35. The Morgan fingerprint density at radius 3 is 1.85 bits per heavy atom.